The van der Waals surface area contributed by atoms with Gasteiger partial charge in [-0.05, 0) is 84.9 Å². The number of rotatable bonds is 5. The molecule has 0 bridgehead atoms. The minimum absolute atomic E-state index is 0.101. The first-order chi connectivity index (χ1) is 13.3. The summed E-state index contributed by atoms with van der Waals surface area (Å²) in [5.74, 6) is 4.95. The predicted molar refractivity (Wildman–Crippen MR) is 119 cm³/mol. The SMILES string of the molecule is CC(C)CCC[C@@H](C)[C@H]1CC[C@H]2[C@@H]3CC=C4C[C@@H](O)CC[C@]4(C)[C@H]3C=C[C@]12C. The van der Waals surface area contributed by atoms with E-state index in [9.17, 15) is 5.11 Å². The van der Waals surface area contributed by atoms with Crippen molar-refractivity contribution in [3.63, 3.8) is 0 Å². The van der Waals surface area contributed by atoms with E-state index in [0.717, 1.165) is 42.4 Å². The maximum atomic E-state index is 10.2. The molecule has 0 aromatic heterocycles. The summed E-state index contributed by atoms with van der Waals surface area (Å²) < 4.78 is 0. The number of aliphatic hydroxyl groups excluding tert-OH is 1. The Morgan fingerprint density at radius 2 is 1.89 bits per heavy atom. The summed E-state index contributed by atoms with van der Waals surface area (Å²) in [6, 6.07) is 0. The maximum Gasteiger partial charge on any atom is 0.0577 e. The second-order valence-electron chi connectivity index (χ2n) is 11.8. The van der Waals surface area contributed by atoms with Crippen LogP contribution in [0.5, 0.6) is 0 Å². The van der Waals surface area contributed by atoms with Gasteiger partial charge in [-0.1, -0.05) is 77.7 Å². The Bertz CT molecular complexity index is 630. The fraction of sp³-hybridized carbons (Fsp3) is 0.852. The van der Waals surface area contributed by atoms with Crippen LogP contribution in [0.2, 0.25) is 0 Å². The van der Waals surface area contributed by atoms with Crippen molar-refractivity contribution < 1.29 is 5.11 Å². The van der Waals surface area contributed by atoms with Crippen molar-refractivity contribution in [2.75, 3.05) is 0 Å². The van der Waals surface area contributed by atoms with E-state index >= 15 is 0 Å². The highest BCUT2D eigenvalue weighted by Gasteiger charge is 2.57. The third-order valence-electron chi connectivity index (χ3n) is 9.71. The molecule has 1 N–H and O–H groups in total. The molecule has 4 aliphatic rings. The average molecular weight is 385 g/mol. The number of allylic oxidation sites excluding steroid dienone is 3. The third-order valence-corrected chi connectivity index (χ3v) is 9.71. The molecule has 0 aromatic carbocycles. The molecule has 158 valence electrons. The topological polar surface area (TPSA) is 20.2 Å². The summed E-state index contributed by atoms with van der Waals surface area (Å²) in [6.45, 7) is 12.4. The highest BCUT2D eigenvalue weighted by Crippen LogP contribution is 2.64. The second kappa shape index (κ2) is 7.60. The Hall–Kier alpha value is -0.560. The zero-order valence-electron chi connectivity index (χ0n) is 19.1. The Morgan fingerprint density at radius 1 is 1.11 bits per heavy atom. The fourth-order valence-electron chi connectivity index (χ4n) is 8.02. The molecule has 4 aliphatic carbocycles. The van der Waals surface area contributed by atoms with Crippen molar-refractivity contribution in [1.82, 2.24) is 0 Å². The molecule has 0 radical (unpaired) electrons. The third kappa shape index (κ3) is 3.34. The quantitative estimate of drug-likeness (QED) is 0.498. The van der Waals surface area contributed by atoms with Gasteiger partial charge in [0.15, 0.2) is 0 Å². The molecular formula is C27H44O. The van der Waals surface area contributed by atoms with Crippen molar-refractivity contribution in [3.05, 3.63) is 23.8 Å². The van der Waals surface area contributed by atoms with Crippen LogP contribution in [0.4, 0.5) is 0 Å². The van der Waals surface area contributed by atoms with Gasteiger partial charge in [0, 0.05) is 0 Å². The van der Waals surface area contributed by atoms with E-state index in [0.29, 0.717) is 16.7 Å². The molecule has 0 spiro atoms. The fourth-order valence-corrected chi connectivity index (χ4v) is 8.02. The summed E-state index contributed by atoms with van der Waals surface area (Å²) >= 11 is 0. The molecule has 28 heavy (non-hydrogen) atoms. The molecule has 2 fully saturated rings. The van der Waals surface area contributed by atoms with Crippen molar-refractivity contribution in [3.8, 4) is 0 Å². The van der Waals surface area contributed by atoms with E-state index < -0.39 is 0 Å². The molecule has 0 saturated heterocycles. The first kappa shape index (κ1) is 20.7. The van der Waals surface area contributed by atoms with Gasteiger partial charge in [0.2, 0.25) is 0 Å². The van der Waals surface area contributed by atoms with Crippen LogP contribution in [0.25, 0.3) is 0 Å². The van der Waals surface area contributed by atoms with Crippen LogP contribution < -0.4 is 0 Å². The number of hydrogen-bond donors (Lipinski definition) is 1. The lowest BCUT2D eigenvalue weighted by atomic mass is 9.49. The van der Waals surface area contributed by atoms with Gasteiger partial charge in [-0.3, -0.25) is 0 Å². The zero-order valence-corrected chi connectivity index (χ0v) is 19.1. The van der Waals surface area contributed by atoms with E-state index in [-0.39, 0.29) is 6.10 Å². The Kier molecular flexibility index (Phi) is 5.62. The van der Waals surface area contributed by atoms with Crippen LogP contribution in [0.3, 0.4) is 0 Å². The summed E-state index contributed by atoms with van der Waals surface area (Å²) in [7, 11) is 0. The smallest absolute Gasteiger partial charge is 0.0577 e. The highest BCUT2D eigenvalue weighted by atomic mass is 16.3. The van der Waals surface area contributed by atoms with Crippen molar-refractivity contribution in [2.45, 2.75) is 98.5 Å². The van der Waals surface area contributed by atoms with Crippen LogP contribution in [-0.2, 0) is 0 Å². The lowest BCUT2D eigenvalue weighted by Gasteiger charge is -2.55. The Morgan fingerprint density at radius 3 is 2.64 bits per heavy atom. The number of fused-ring (bicyclic) bond motifs is 5. The van der Waals surface area contributed by atoms with E-state index in [2.05, 4.69) is 52.8 Å². The second-order valence-corrected chi connectivity index (χ2v) is 11.8. The van der Waals surface area contributed by atoms with E-state index in [1.807, 2.05) is 0 Å². The van der Waals surface area contributed by atoms with Gasteiger partial charge in [0.25, 0.3) is 0 Å². The van der Waals surface area contributed by atoms with Crippen LogP contribution >= 0.6 is 0 Å². The molecule has 8 atom stereocenters. The van der Waals surface area contributed by atoms with Gasteiger partial charge in [-0.25, -0.2) is 0 Å². The first-order valence-electron chi connectivity index (χ1n) is 12.3. The van der Waals surface area contributed by atoms with Gasteiger partial charge in [-0.2, -0.15) is 0 Å². The highest BCUT2D eigenvalue weighted by molar-refractivity contribution is 5.30. The first-order valence-corrected chi connectivity index (χ1v) is 12.3. The largest absolute Gasteiger partial charge is 0.393 e. The van der Waals surface area contributed by atoms with Gasteiger partial charge in [-0.15, -0.1) is 0 Å². The van der Waals surface area contributed by atoms with Crippen LogP contribution in [0, 0.1) is 46.3 Å². The van der Waals surface area contributed by atoms with Crippen molar-refractivity contribution in [1.29, 1.82) is 0 Å². The van der Waals surface area contributed by atoms with Crippen molar-refractivity contribution in [2.24, 2.45) is 46.3 Å². The predicted octanol–water partition coefficient (Wildman–Crippen LogP) is 7.16. The summed E-state index contributed by atoms with van der Waals surface area (Å²) in [5, 5.41) is 10.2. The van der Waals surface area contributed by atoms with Crippen LogP contribution in [0.15, 0.2) is 23.8 Å². The molecule has 1 heteroatoms. The zero-order chi connectivity index (χ0) is 20.1. The van der Waals surface area contributed by atoms with Gasteiger partial charge < -0.3 is 5.11 Å². The van der Waals surface area contributed by atoms with Gasteiger partial charge >= 0.3 is 0 Å². The Labute approximate surface area is 174 Å². The monoisotopic (exact) mass is 384 g/mol. The average Bonchev–Trinajstić information content (AvgIpc) is 2.99. The summed E-state index contributed by atoms with van der Waals surface area (Å²) in [4.78, 5) is 0. The minimum atomic E-state index is -0.101. The van der Waals surface area contributed by atoms with E-state index in [1.54, 1.807) is 5.57 Å². The van der Waals surface area contributed by atoms with E-state index in [4.69, 9.17) is 0 Å². The van der Waals surface area contributed by atoms with Crippen LogP contribution in [0.1, 0.15) is 92.4 Å². The van der Waals surface area contributed by atoms with E-state index in [1.165, 1.54) is 44.9 Å². The summed E-state index contributed by atoms with van der Waals surface area (Å²) in [5.41, 5.74) is 2.28. The molecular weight excluding hydrogens is 340 g/mol. The Balaban J connectivity index is 1.53. The van der Waals surface area contributed by atoms with Gasteiger partial charge in [0.1, 0.15) is 0 Å². The molecule has 1 nitrogen and oxygen atoms in total. The lowest BCUT2D eigenvalue weighted by molar-refractivity contribution is 0.0182. The normalized spacial score (nSPS) is 46.0. The van der Waals surface area contributed by atoms with Gasteiger partial charge in [0.05, 0.1) is 6.10 Å². The lowest BCUT2D eigenvalue weighted by Crippen LogP contribution is -2.48. The molecule has 0 heterocycles. The molecule has 0 amide bonds. The van der Waals surface area contributed by atoms with Crippen LogP contribution in [-0.4, -0.2) is 11.2 Å². The molecule has 0 aliphatic heterocycles. The number of hydrogen-bond acceptors (Lipinski definition) is 1. The number of aliphatic hydroxyl groups is 1. The molecule has 2 saturated carbocycles. The van der Waals surface area contributed by atoms with Crippen molar-refractivity contribution >= 4 is 0 Å². The molecule has 0 unspecified atom stereocenters. The minimum Gasteiger partial charge on any atom is -0.393 e. The molecule has 0 aromatic rings. The maximum absolute atomic E-state index is 10.2. The standard InChI is InChI=1S/C27H44O/c1-18(2)7-6-8-19(3)23-11-12-24-22-10-9-20-17-21(28)13-15-26(20,4)25(22)14-16-27(23,24)5/h9,14,16,18-19,21-25,28H,6-8,10-13,15,17H2,1-5H3/t19-,21+,22+,23-,24+,25+,26+,27-/m1/s1. The molecule has 4 rings (SSSR count). The summed E-state index contributed by atoms with van der Waals surface area (Å²) in [6.07, 6.45) is 19.2.